The zero-order valence-electron chi connectivity index (χ0n) is 27.2. The van der Waals surface area contributed by atoms with Crippen LogP contribution in [-0.2, 0) is 11.2 Å². The standard InChI is InChI=1S/C34H51N7O3/c1-23-24(2)31-26(25(3)30(23)27(10-12-35)32(42)43)9-11-34(4,44-31)22-38-17-19-40(20-18-38)29-21-28(39-13-5-6-14-39)36-33(37-29)41-15-7-8-16-41/h21,27H,5-20,22,35H2,1-4H3,(H,42,43). The molecule has 3 fully saturated rings. The minimum absolute atomic E-state index is 0.301. The van der Waals surface area contributed by atoms with E-state index in [1.54, 1.807) is 0 Å². The summed E-state index contributed by atoms with van der Waals surface area (Å²) in [5.74, 6) is 2.61. The number of benzene rings is 1. The van der Waals surface area contributed by atoms with Crippen LogP contribution in [-0.4, -0.2) is 97.0 Å². The van der Waals surface area contributed by atoms with Gasteiger partial charge in [-0.05, 0) is 107 Å². The summed E-state index contributed by atoms with van der Waals surface area (Å²) in [7, 11) is 0. The van der Waals surface area contributed by atoms with Crippen LogP contribution in [0.15, 0.2) is 6.07 Å². The van der Waals surface area contributed by atoms with Crippen LogP contribution >= 0.6 is 0 Å². The summed E-state index contributed by atoms with van der Waals surface area (Å²) in [6.07, 6.45) is 7.13. The first-order valence-electron chi connectivity index (χ1n) is 16.8. The molecule has 0 bridgehead atoms. The summed E-state index contributed by atoms with van der Waals surface area (Å²) in [5, 5.41) is 9.98. The van der Waals surface area contributed by atoms with Crippen molar-refractivity contribution < 1.29 is 14.6 Å². The van der Waals surface area contributed by atoms with Gasteiger partial charge in [-0.3, -0.25) is 9.69 Å². The molecular weight excluding hydrogens is 554 g/mol. The minimum Gasteiger partial charge on any atom is -0.486 e. The molecule has 0 spiro atoms. The molecule has 10 heteroatoms. The van der Waals surface area contributed by atoms with Crippen LogP contribution in [0.25, 0.3) is 0 Å². The molecule has 1 aromatic carbocycles. The maximum absolute atomic E-state index is 12.2. The van der Waals surface area contributed by atoms with Gasteiger partial charge in [0.25, 0.3) is 0 Å². The third-order valence-corrected chi connectivity index (χ3v) is 10.6. The van der Waals surface area contributed by atoms with Crippen LogP contribution in [0.5, 0.6) is 5.75 Å². The van der Waals surface area contributed by atoms with Gasteiger partial charge in [0, 0.05) is 65.0 Å². The lowest BCUT2D eigenvalue weighted by Crippen LogP contribution is -2.54. The van der Waals surface area contributed by atoms with Gasteiger partial charge in [0.2, 0.25) is 5.95 Å². The summed E-state index contributed by atoms with van der Waals surface area (Å²) in [4.78, 5) is 32.0. The van der Waals surface area contributed by atoms with Crippen molar-refractivity contribution in [2.75, 3.05) is 80.1 Å². The summed E-state index contributed by atoms with van der Waals surface area (Å²) in [5.41, 5.74) is 10.7. The number of rotatable bonds is 9. The topological polar surface area (TPSA) is 111 Å². The van der Waals surface area contributed by atoms with E-state index in [0.29, 0.717) is 13.0 Å². The number of carbonyl (C=O) groups is 1. The Morgan fingerprint density at radius 2 is 1.50 bits per heavy atom. The van der Waals surface area contributed by atoms with E-state index in [1.807, 2.05) is 6.92 Å². The summed E-state index contributed by atoms with van der Waals surface area (Å²) >= 11 is 0. The van der Waals surface area contributed by atoms with Crippen molar-refractivity contribution in [2.24, 2.45) is 5.73 Å². The highest BCUT2D eigenvalue weighted by Gasteiger charge is 2.38. The smallest absolute Gasteiger partial charge is 0.311 e. The summed E-state index contributed by atoms with van der Waals surface area (Å²) in [6, 6.07) is 2.22. The highest BCUT2D eigenvalue weighted by molar-refractivity contribution is 5.78. The van der Waals surface area contributed by atoms with Gasteiger partial charge in [-0.1, -0.05) is 0 Å². The molecule has 4 aliphatic heterocycles. The van der Waals surface area contributed by atoms with Gasteiger partial charge in [0.15, 0.2) is 0 Å². The lowest BCUT2D eigenvalue weighted by atomic mass is 9.80. The van der Waals surface area contributed by atoms with Crippen molar-refractivity contribution in [2.45, 2.75) is 84.2 Å². The summed E-state index contributed by atoms with van der Waals surface area (Å²) < 4.78 is 6.87. The van der Waals surface area contributed by atoms with Crippen molar-refractivity contribution in [3.05, 3.63) is 33.9 Å². The lowest BCUT2D eigenvalue weighted by molar-refractivity contribution is -0.139. The van der Waals surface area contributed by atoms with Crippen LogP contribution < -0.4 is 25.2 Å². The number of fused-ring (bicyclic) bond motifs is 1. The molecule has 2 aromatic rings. The van der Waals surface area contributed by atoms with Crippen LogP contribution in [0, 0.1) is 20.8 Å². The normalized spacial score (nSPS) is 23.2. The second-order valence-electron chi connectivity index (χ2n) is 13.7. The number of hydrogen-bond acceptors (Lipinski definition) is 9. The molecule has 2 atom stereocenters. The second-order valence-corrected chi connectivity index (χ2v) is 13.7. The number of anilines is 3. The van der Waals surface area contributed by atoms with E-state index >= 15 is 0 Å². The molecule has 240 valence electrons. The van der Waals surface area contributed by atoms with Gasteiger partial charge in [-0.25, -0.2) is 0 Å². The van der Waals surface area contributed by atoms with E-state index in [-0.39, 0.29) is 5.60 Å². The number of carboxylic acid groups (broad SMARTS) is 1. The Morgan fingerprint density at radius 3 is 2.09 bits per heavy atom. The Kier molecular flexibility index (Phi) is 8.93. The maximum atomic E-state index is 12.2. The average molecular weight is 606 g/mol. The van der Waals surface area contributed by atoms with Gasteiger partial charge in [-0.15, -0.1) is 0 Å². The van der Waals surface area contributed by atoms with Crippen LogP contribution in [0.1, 0.15) is 79.2 Å². The lowest BCUT2D eigenvalue weighted by Gasteiger charge is -2.43. The maximum Gasteiger partial charge on any atom is 0.311 e. The third kappa shape index (κ3) is 6.07. The Balaban J connectivity index is 1.15. The zero-order valence-corrected chi connectivity index (χ0v) is 27.2. The number of carboxylic acids is 1. The molecule has 2 unspecified atom stereocenters. The van der Waals surface area contributed by atoms with Gasteiger partial charge in [-0.2, -0.15) is 9.97 Å². The first kappa shape index (κ1) is 30.9. The molecule has 44 heavy (non-hydrogen) atoms. The number of piperazine rings is 1. The quantitative estimate of drug-likeness (QED) is 0.435. The third-order valence-electron chi connectivity index (χ3n) is 10.6. The van der Waals surface area contributed by atoms with Gasteiger partial charge in [0.05, 0.1) is 5.92 Å². The fourth-order valence-electron chi connectivity index (χ4n) is 7.88. The molecule has 6 rings (SSSR count). The Hall–Kier alpha value is -3.11. The van der Waals surface area contributed by atoms with Crippen molar-refractivity contribution in [1.29, 1.82) is 0 Å². The first-order valence-corrected chi connectivity index (χ1v) is 16.8. The Labute approximate surface area is 262 Å². The number of hydrogen-bond donors (Lipinski definition) is 2. The SMILES string of the molecule is Cc1c(C)c(C(CCN)C(=O)O)c(C)c2c1OC(C)(CN1CCN(c3cc(N4CCCC4)nc(N4CCCC4)n3)CC1)CC2. The molecule has 5 heterocycles. The molecule has 3 N–H and O–H groups in total. The van der Waals surface area contributed by atoms with E-state index < -0.39 is 11.9 Å². The average Bonchev–Trinajstić information content (AvgIpc) is 3.75. The number of nitrogens with zero attached hydrogens (tertiary/aromatic N) is 6. The highest BCUT2D eigenvalue weighted by Crippen LogP contribution is 2.43. The van der Waals surface area contributed by atoms with Gasteiger partial charge in [0.1, 0.15) is 23.0 Å². The molecule has 1 aromatic heterocycles. The number of nitrogens with two attached hydrogens (primary N) is 1. The molecule has 4 aliphatic rings. The van der Waals surface area contributed by atoms with E-state index in [1.165, 1.54) is 31.2 Å². The van der Waals surface area contributed by atoms with Crippen molar-refractivity contribution >= 4 is 23.6 Å². The monoisotopic (exact) mass is 605 g/mol. The fourth-order valence-corrected chi connectivity index (χ4v) is 7.88. The first-order chi connectivity index (χ1) is 21.2. The predicted octanol–water partition coefficient (Wildman–Crippen LogP) is 4.03. The fraction of sp³-hybridized carbons (Fsp3) is 0.676. The highest BCUT2D eigenvalue weighted by atomic mass is 16.5. The number of ether oxygens (including phenoxy) is 1. The molecule has 0 saturated carbocycles. The Morgan fingerprint density at radius 1 is 0.909 bits per heavy atom. The Bertz CT molecular complexity index is 1330. The predicted molar refractivity (Wildman–Crippen MR) is 176 cm³/mol. The van der Waals surface area contributed by atoms with Gasteiger partial charge >= 0.3 is 5.97 Å². The van der Waals surface area contributed by atoms with Gasteiger partial charge < -0.3 is 30.3 Å². The van der Waals surface area contributed by atoms with E-state index in [4.69, 9.17) is 20.4 Å². The van der Waals surface area contributed by atoms with Crippen LogP contribution in [0.3, 0.4) is 0 Å². The number of aliphatic carboxylic acids is 1. The van der Waals surface area contributed by atoms with E-state index in [0.717, 1.165) is 117 Å². The van der Waals surface area contributed by atoms with Crippen molar-refractivity contribution in [3.63, 3.8) is 0 Å². The van der Waals surface area contributed by atoms with Crippen molar-refractivity contribution in [3.8, 4) is 5.75 Å². The van der Waals surface area contributed by atoms with E-state index in [2.05, 4.69) is 46.4 Å². The minimum atomic E-state index is -0.803. The van der Waals surface area contributed by atoms with Crippen LogP contribution in [0.4, 0.5) is 17.6 Å². The number of aromatic nitrogens is 2. The molecule has 0 amide bonds. The molecule has 0 aliphatic carbocycles. The second kappa shape index (κ2) is 12.7. The largest absolute Gasteiger partial charge is 0.486 e. The molecular formula is C34H51N7O3. The summed E-state index contributed by atoms with van der Waals surface area (Å²) in [6.45, 7) is 17.7. The molecule has 3 saturated heterocycles. The van der Waals surface area contributed by atoms with Crippen LogP contribution in [0.2, 0.25) is 0 Å². The molecule has 0 radical (unpaired) electrons. The van der Waals surface area contributed by atoms with Crippen molar-refractivity contribution in [1.82, 2.24) is 14.9 Å². The molecule has 10 nitrogen and oxygen atoms in total. The van der Waals surface area contributed by atoms with E-state index in [9.17, 15) is 9.90 Å². The zero-order chi connectivity index (χ0) is 31.0.